The van der Waals surface area contributed by atoms with E-state index in [2.05, 4.69) is 4.99 Å². The van der Waals surface area contributed by atoms with Crippen LogP contribution in [0, 0.1) is 5.92 Å². The Hall–Kier alpha value is -1.72. The molecule has 1 heterocycles. The molecule has 6 heteroatoms. The van der Waals surface area contributed by atoms with E-state index in [1.807, 2.05) is 0 Å². The van der Waals surface area contributed by atoms with Crippen LogP contribution < -0.4 is 0 Å². The van der Waals surface area contributed by atoms with Crippen LogP contribution in [0.25, 0.3) is 0 Å². The number of dihydropyridines is 1. The largest absolute Gasteiger partial charge is 0.413 e. The van der Waals surface area contributed by atoms with Gasteiger partial charge in [-0.05, 0) is 18.2 Å². The molecule has 1 unspecified atom stereocenters. The lowest BCUT2D eigenvalue weighted by molar-refractivity contribution is -0.116. The first-order valence-corrected chi connectivity index (χ1v) is 4.34. The molecule has 1 aliphatic carbocycles. The quantitative estimate of drug-likeness (QED) is 0.589. The predicted molar refractivity (Wildman–Crippen MR) is 48.4 cm³/mol. The number of aliphatic imine (C=N–C) groups is 1. The number of alkyl halides is 3. The fourth-order valence-corrected chi connectivity index (χ4v) is 1.57. The summed E-state index contributed by atoms with van der Waals surface area (Å²) in [5.41, 5.74) is -1.16. The molecule has 1 amide bonds. The molecule has 1 aliphatic heterocycles. The van der Waals surface area contributed by atoms with Gasteiger partial charge in [-0.1, -0.05) is 0 Å². The number of nitrogens with zero attached hydrogens (tertiary/aromatic N) is 1. The van der Waals surface area contributed by atoms with Crippen molar-refractivity contribution < 1.29 is 22.4 Å². The highest BCUT2D eigenvalue weighted by atomic mass is 19.4. The Morgan fingerprint density at radius 3 is 2.56 bits per heavy atom. The van der Waals surface area contributed by atoms with Crippen molar-refractivity contribution in [1.82, 2.24) is 0 Å². The van der Waals surface area contributed by atoms with Crippen LogP contribution in [0.4, 0.5) is 17.6 Å². The number of hydrogen-bond acceptors (Lipinski definition) is 1. The third kappa shape index (κ3) is 1.82. The van der Waals surface area contributed by atoms with E-state index in [-0.39, 0.29) is 5.71 Å². The normalized spacial score (nSPS) is 24.6. The number of allylic oxidation sites excluding steroid dienone is 5. The van der Waals surface area contributed by atoms with Crippen molar-refractivity contribution in [3.8, 4) is 0 Å². The average molecular weight is 231 g/mol. The monoisotopic (exact) mass is 231 g/mol. The van der Waals surface area contributed by atoms with Crippen molar-refractivity contribution in [3.05, 3.63) is 35.7 Å². The standard InChI is InChI=1S/C10H5F4NO/c11-5-1-2-8-6(3-5)7(10(12,13)14)4-9(16)15-8/h1-4,6H. The average Bonchev–Trinajstić information content (AvgIpc) is 2.16. The fraction of sp³-hybridized carbons (Fsp3) is 0.200. The van der Waals surface area contributed by atoms with Gasteiger partial charge in [0.15, 0.2) is 0 Å². The zero-order valence-electron chi connectivity index (χ0n) is 7.75. The van der Waals surface area contributed by atoms with Gasteiger partial charge in [-0.25, -0.2) is 9.38 Å². The van der Waals surface area contributed by atoms with Crippen molar-refractivity contribution in [3.63, 3.8) is 0 Å². The number of hydrogen-bond donors (Lipinski definition) is 0. The Labute approximate surface area is 87.7 Å². The molecule has 0 aromatic carbocycles. The van der Waals surface area contributed by atoms with Crippen molar-refractivity contribution in [2.45, 2.75) is 6.18 Å². The van der Waals surface area contributed by atoms with Crippen LogP contribution in [-0.2, 0) is 4.79 Å². The molecule has 0 aromatic heterocycles. The topological polar surface area (TPSA) is 29.4 Å². The molecule has 0 spiro atoms. The zero-order chi connectivity index (χ0) is 11.9. The molecule has 0 radical (unpaired) electrons. The summed E-state index contributed by atoms with van der Waals surface area (Å²) in [6.45, 7) is 0. The number of amides is 1. The molecule has 0 saturated carbocycles. The molecule has 0 aromatic rings. The summed E-state index contributed by atoms with van der Waals surface area (Å²) in [6, 6.07) is 0. The molecule has 16 heavy (non-hydrogen) atoms. The number of rotatable bonds is 0. The molecule has 84 valence electrons. The maximum absolute atomic E-state index is 12.9. The highest BCUT2D eigenvalue weighted by Gasteiger charge is 2.42. The summed E-state index contributed by atoms with van der Waals surface area (Å²) < 4.78 is 50.5. The minimum Gasteiger partial charge on any atom is -0.267 e. The van der Waals surface area contributed by atoms with Gasteiger partial charge in [-0.3, -0.25) is 4.79 Å². The third-order valence-corrected chi connectivity index (χ3v) is 2.24. The first kappa shape index (κ1) is 10.8. The molecule has 2 nitrogen and oxygen atoms in total. The number of fused-ring (bicyclic) bond motifs is 1. The Morgan fingerprint density at radius 2 is 1.94 bits per heavy atom. The Kier molecular flexibility index (Phi) is 2.29. The lowest BCUT2D eigenvalue weighted by Crippen LogP contribution is -2.29. The fourth-order valence-electron chi connectivity index (χ4n) is 1.57. The number of halogens is 4. The summed E-state index contributed by atoms with van der Waals surface area (Å²) in [5, 5.41) is 0. The molecule has 1 atom stereocenters. The molecular weight excluding hydrogens is 226 g/mol. The van der Waals surface area contributed by atoms with Crippen LogP contribution >= 0.6 is 0 Å². The van der Waals surface area contributed by atoms with Crippen molar-refractivity contribution >= 4 is 11.6 Å². The van der Waals surface area contributed by atoms with E-state index < -0.39 is 29.4 Å². The van der Waals surface area contributed by atoms with Crippen LogP contribution in [0.2, 0.25) is 0 Å². The van der Waals surface area contributed by atoms with Crippen molar-refractivity contribution in [2.75, 3.05) is 0 Å². The lowest BCUT2D eigenvalue weighted by atomic mass is 9.87. The number of carbonyl (C=O) groups excluding carboxylic acids is 1. The Balaban J connectivity index is 2.48. The highest BCUT2D eigenvalue weighted by Crippen LogP contribution is 2.37. The summed E-state index contributed by atoms with van der Waals surface area (Å²) in [6.07, 6.45) is -1.41. The second-order valence-electron chi connectivity index (χ2n) is 3.33. The molecule has 0 bridgehead atoms. The molecule has 2 rings (SSSR count). The SMILES string of the molecule is O=C1C=C(C(F)(F)F)C2C=C(F)C=CC2=N1. The molecular formula is C10H5F4NO. The predicted octanol–water partition coefficient (Wildman–Crippen LogP) is 2.50. The van der Waals surface area contributed by atoms with Gasteiger partial charge in [0.2, 0.25) is 0 Å². The van der Waals surface area contributed by atoms with Crippen molar-refractivity contribution in [1.29, 1.82) is 0 Å². The molecule has 0 saturated heterocycles. The molecule has 0 fully saturated rings. The smallest absolute Gasteiger partial charge is 0.267 e. The van der Waals surface area contributed by atoms with Gasteiger partial charge >= 0.3 is 6.18 Å². The van der Waals surface area contributed by atoms with Crippen LogP contribution in [0.15, 0.2) is 40.7 Å². The maximum atomic E-state index is 12.9. The van der Waals surface area contributed by atoms with Crippen LogP contribution in [0.5, 0.6) is 0 Å². The van der Waals surface area contributed by atoms with E-state index in [4.69, 9.17) is 0 Å². The Morgan fingerprint density at radius 1 is 1.25 bits per heavy atom. The van der Waals surface area contributed by atoms with Gasteiger partial charge in [0.25, 0.3) is 5.91 Å². The molecule has 0 N–H and O–H groups in total. The van der Waals surface area contributed by atoms with Crippen LogP contribution in [0.1, 0.15) is 0 Å². The van der Waals surface area contributed by atoms with Gasteiger partial charge in [0, 0.05) is 6.08 Å². The minimum absolute atomic E-state index is 0.0822. The lowest BCUT2D eigenvalue weighted by Gasteiger charge is -2.24. The van der Waals surface area contributed by atoms with Crippen molar-refractivity contribution in [2.24, 2.45) is 10.9 Å². The third-order valence-electron chi connectivity index (χ3n) is 2.24. The summed E-state index contributed by atoms with van der Waals surface area (Å²) in [7, 11) is 0. The van der Waals surface area contributed by atoms with Gasteiger partial charge in [0.05, 0.1) is 17.2 Å². The van der Waals surface area contributed by atoms with E-state index in [0.29, 0.717) is 6.08 Å². The van der Waals surface area contributed by atoms with Gasteiger partial charge < -0.3 is 0 Å². The van der Waals surface area contributed by atoms with E-state index in [9.17, 15) is 22.4 Å². The van der Waals surface area contributed by atoms with Gasteiger partial charge in [-0.15, -0.1) is 0 Å². The zero-order valence-corrected chi connectivity index (χ0v) is 7.75. The van der Waals surface area contributed by atoms with Gasteiger partial charge in [0.1, 0.15) is 5.83 Å². The van der Waals surface area contributed by atoms with E-state index in [0.717, 1.165) is 18.2 Å². The summed E-state index contributed by atoms with van der Waals surface area (Å²) >= 11 is 0. The molecule has 2 aliphatic rings. The van der Waals surface area contributed by atoms with Gasteiger partial charge in [-0.2, -0.15) is 13.2 Å². The first-order valence-electron chi connectivity index (χ1n) is 4.34. The second-order valence-corrected chi connectivity index (χ2v) is 3.33. The van der Waals surface area contributed by atoms with E-state index >= 15 is 0 Å². The highest BCUT2D eigenvalue weighted by molar-refractivity contribution is 6.12. The summed E-state index contributed by atoms with van der Waals surface area (Å²) in [5.74, 6) is -3.06. The van der Waals surface area contributed by atoms with Crippen LogP contribution in [-0.4, -0.2) is 17.8 Å². The summed E-state index contributed by atoms with van der Waals surface area (Å²) in [4.78, 5) is 14.4. The van der Waals surface area contributed by atoms with E-state index in [1.165, 1.54) is 0 Å². The van der Waals surface area contributed by atoms with E-state index in [1.54, 1.807) is 0 Å². The van der Waals surface area contributed by atoms with Crippen LogP contribution in [0.3, 0.4) is 0 Å². The minimum atomic E-state index is -4.66. The second kappa shape index (κ2) is 3.40. The number of carbonyl (C=O) groups is 1. The Bertz CT molecular complexity index is 468. The maximum Gasteiger partial charge on any atom is 0.413 e. The first-order chi connectivity index (χ1) is 7.38.